The van der Waals surface area contributed by atoms with Gasteiger partial charge in [-0.2, -0.15) is 0 Å². The van der Waals surface area contributed by atoms with Crippen LogP contribution in [0.5, 0.6) is 0 Å². The van der Waals surface area contributed by atoms with Crippen molar-refractivity contribution in [2.24, 2.45) is 0 Å². The zero-order valence-corrected chi connectivity index (χ0v) is 16.6. The van der Waals surface area contributed by atoms with Crippen molar-refractivity contribution in [1.82, 2.24) is 10.6 Å². The third-order valence-electron chi connectivity index (χ3n) is 3.49. The van der Waals surface area contributed by atoms with Crippen molar-refractivity contribution in [3.8, 4) is 0 Å². The predicted octanol–water partition coefficient (Wildman–Crippen LogP) is 0.747. The van der Waals surface area contributed by atoms with E-state index in [1.807, 2.05) is 18.2 Å². The second kappa shape index (κ2) is 11.3. The number of methoxy groups -OCH3 is 1. The lowest BCUT2D eigenvalue weighted by Crippen LogP contribution is -2.55. The van der Waals surface area contributed by atoms with Crippen molar-refractivity contribution >= 4 is 18.0 Å². The number of aliphatic hydroxyl groups is 1. The molecule has 0 saturated heterocycles. The van der Waals surface area contributed by atoms with Gasteiger partial charge in [-0.15, -0.1) is 0 Å². The highest BCUT2D eigenvalue weighted by atomic mass is 16.6. The van der Waals surface area contributed by atoms with Gasteiger partial charge in [-0.25, -0.2) is 9.59 Å². The van der Waals surface area contributed by atoms with Gasteiger partial charge in [-0.05, 0) is 26.3 Å². The molecule has 0 saturated carbocycles. The Labute approximate surface area is 164 Å². The van der Waals surface area contributed by atoms with Gasteiger partial charge in [0.1, 0.15) is 12.6 Å². The molecule has 0 aliphatic rings. The molecular formula is C19H28N2O7. The summed E-state index contributed by atoms with van der Waals surface area (Å²) in [6.07, 6.45) is -0.819. The second-order valence-corrected chi connectivity index (χ2v) is 6.95. The van der Waals surface area contributed by atoms with Crippen LogP contribution in [0.15, 0.2) is 30.3 Å². The Balaban J connectivity index is 2.72. The minimum atomic E-state index is -1.25. The molecule has 0 aliphatic heterocycles. The third-order valence-corrected chi connectivity index (χ3v) is 3.49. The van der Waals surface area contributed by atoms with Crippen LogP contribution in [0, 0.1) is 0 Å². The Bertz CT molecular complexity index is 643. The first-order chi connectivity index (χ1) is 13.2. The number of carbonyl (C=O) groups is 3. The van der Waals surface area contributed by atoms with Crippen LogP contribution in [0.25, 0.3) is 0 Å². The fraction of sp³-hybridized carbons (Fsp3) is 0.526. The van der Waals surface area contributed by atoms with Crippen molar-refractivity contribution < 1.29 is 33.7 Å². The quantitative estimate of drug-likeness (QED) is 0.526. The summed E-state index contributed by atoms with van der Waals surface area (Å²) in [5, 5.41) is 14.0. The Morgan fingerprint density at radius 3 is 2.25 bits per heavy atom. The maximum atomic E-state index is 12.5. The van der Waals surface area contributed by atoms with Crippen LogP contribution >= 0.6 is 0 Å². The Hall–Kier alpha value is -2.65. The van der Waals surface area contributed by atoms with Crippen LogP contribution in [-0.2, 0) is 30.4 Å². The van der Waals surface area contributed by atoms with Crippen LogP contribution in [0.4, 0.5) is 4.79 Å². The van der Waals surface area contributed by atoms with Crippen LogP contribution < -0.4 is 10.6 Å². The van der Waals surface area contributed by atoms with E-state index in [4.69, 9.17) is 9.47 Å². The van der Waals surface area contributed by atoms with Crippen molar-refractivity contribution in [3.63, 3.8) is 0 Å². The summed E-state index contributed by atoms with van der Waals surface area (Å²) in [6, 6.07) is 6.66. The highest BCUT2D eigenvalue weighted by molar-refractivity contribution is 5.89. The molecule has 0 heterocycles. The van der Waals surface area contributed by atoms with Gasteiger partial charge in [0.15, 0.2) is 6.04 Å². The first-order valence-electron chi connectivity index (χ1n) is 8.76. The lowest BCUT2D eigenvalue weighted by molar-refractivity contribution is -0.146. The monoisotopic (exact) mass is 396 g/mol. The van der Waals surface area contributed by atoms with Gasteiger partial charge in [-0.1, -0.05) is 30.3 Å². The Morgan fingerprint density at radius 1 is 1.07 bits per heavy atom. The summed E-state index contributed by atoms with van der Waals surface area (Å²) in [7, 11) is 1.14. The number of benzene rings is 1. The van der Waals surface area contributed by atoms with Gasteiger partial charge in [0.25, 0.3) is 0 Å². The average Bonchev–Trinajstić information content (AvgIpc) is 2.66. The lowest BCUT2D eigenvalue weighted by Gasteiger charge is -2.25. The number of nitrogens with one attached hydrogen (secondary N) is 2. The van der Waals surface area contributed by atoms with E-state index in [0.29, 0.717) is 0 Å². The molecule has 28 heavy (non-hydrogen) atoms. The zero-order chi connectivity index (χ0) is 21.2. The SMILES string of the molecule is COC(=O)[C@H](CO)NC(=O)[C@H](COC(C)(C)C)NC(=O)OCc1ccccc1. The van der Waals surface area contributed by atoms with Gasteiger partial charge in [-0.3, -0.25) is 4.79 Å². The van der Waals surface area contributed by atoms with E-state index in [1.165, 1.54) is 0 Å². The van der Waals surface area contributed by atoms with E-state index in [1.54, 1.807) is 32.9 Å². The number of carbonyl (C=O) groups excluding carboxylic acids is 3. The number of hydrogen-bond donors (Lipinski definition) is 3. The third kappa shape index (κ3) is 8.83. The van der Waals surface area contributed by atoms with Crippen molar-refractivity contribution in [1.29, 1.82) is 0 Å². The first kappa shape index (κ1) is 23.4. The number of amides is 2. The molecule has 9 heteroatoms. The molecule has 0 fully saturated rings. The van der Waals surface area contributed by atoms with E-state index in [2.05, 4.69) is 15.4 Å². The molecular weight excluding hydrogens is 368 g/mol. The van der Waals surface area contributed by atoms with E-state index in [-0.39, 0.29) is 13.2 Å². The highest BCUT2D eigenvalue weighted by Gasteiger charge is 2.28. The minimum Gasteiger partial charge on any atom is -0.467 e. The molecule has 2 amide bonds. The molecule has 1 aromatic carbocycles. The van der Waals surface area contributed by atoms with E-state index >= 15 is 0 Å². The van der Waals surface area contributed by atoms with E-state index in [9.17, 15) is 19.5 Å². The minimum absolute atomic E-state index is 0.0303. The standard InChI is InChI=1S/C19H28N2O7/c1-19(2,3)28-12-15(16(23)20-14(10-22)17(24)26-4)21-18(25)27-11-13-8-6-5-7-9-13/h5-9,14-15,22H,10-12H2,1-4H3,(H,20,23)(H,21,25)/t14-,15-/m0/s1. The summed E-state index contributed by atoms with van der Waals surface area (Å²) in [5.74, 6) is -1.52. The first-order valence-corrected chi connectivity index (χ1v) is 8.76. The molecule has 0 bridgehead atoms. The normalized spacial score (nSPS) is 13.2. The number of esters is 1. The van der Waals surface area contributed by atoms with Gasteiger partial charge < -0.3 is 30.0 Å². The van der Waals surface area contributed by atoms with Gasteiger partial charge >= 0.3 is 12.1 Å². The fourth-order valence-corrected chi connectivity index (χ4v) is 2.02. The van der Waals surface area contributed by atoms with Gasteiger partial charge in [0.2, 0.25) is 5.91 Å². The summed E-state index contributed by atoms with van der Waals surface area (Å²) < 4.78 is 15.2. The molecule has 0 unspecified atom stereocenters. The number of hydrogen-bond acceptors (Lipinski definition) is 7. The Morgan fingerprint density at radius 2 is 1.71 bits per heavy atom. The number of aliphatic hydroxyl groups excluding tert-OH is 1. The zero-order valence-electron chi connectivity index (χ0n) is 16.6. The molecule has 1 aromatic rings. The molecule has 0 aliphatic carbocycles. The van der Waals surface area contributed by atoms with Crippen LogP contribution in [-0.4, -0.2) is 61.1 Å². The average molecular weight is 396 g/mol. The molecule has 3 N–H and O–H groups in total. The smallest absolute Gasteiger partial charge is 0.408 e. The molecule has 0 aromatic heterocycles. The summed E-state index contributed by atoms with van der Waals surface area (Å²) in [4.78, 5) is 36.1. The number of rotatable bonds is 9. The maximum Gasteiger partial charge on any atom is 0.408 e. The van der Waals surface area contributed by atoms with Crippen molar-refractivity contribution in [2.45, 2.75) is 45.1 Å². The van der Waals surface area contributed by atoms with Crippen LogP contribution in [0.3, 0.4) is 0 Å². The molecule has 0 spiro atoms. The van der Waals surface area contributed by atoms with Crippen LogP contribution in [0.2, 0.25) is 0 Å². The molecule has 1 rings (SSSR count). The molecule has 2 atom stereocenters. The topological polar surface area (TPSA) is 123 Å². The number of ether oxygens (including phenoxy) is 3. The largest absolute Gasteiger partial charge is 0.467 e. The fourth-order valence-electron chi connectivity index (χ4n) is 2.02. The van der Waals surface area contributed by atoms with Crippen molar-refractivity contribution in [2.75, 3.05) is 20.3 Å². The lowest BCUT2D eigenvalue weighted by atomic mass is 10.2. The van der Waals surface area contributed by atoms with E-state index in [0.717, 1.165) is 12.7 Å². The predicted molar refractivity (Wildman–Crippen MR) is 100 cm³/mol. The highest BCUT2D eigenvalue weighted by Crippen LogP contribution is 2.08. The summed E-state index contributed by atoms with van der Waals surface area (Å²) in [5.41, 5.74) is 0.225. The maximum absolute atomic E-state index is 12.5. The second-order valence-electron chi connectivity index (χ2n) is 6.95. The van der Waals surface area contributed by atoms with Crippen molar-refractivity contribution in [3.05, 3.63) is 35.9 Å². The Kier molecular flexibility index (Phi) is 9.40. The van der Waals surface area contributed by atoms with Gasteiger partial charge in [0.05, 0.1) is 25.9 Å². The number of alkyl carbamates (subject to hydrolysis) is 1. The van der Waals surface area contributed by atoms with E-state index < -0.39 is 42.3 Å². The van der Waals surface area contributed by atoms with Gasteiger partial charge in [0, 0.05) is 0 Å². The molecule has 9 nitrogen and oxygen atoms in total. The van der Waals surface area contributed by atoms with Crippen LogP contribution in [0.1, 0.15) is 26.3 Å². The molecule has 0 radical (unpaired) electrons. The summed E-state index contributed by atoms with van der Waals surface area (Å²) in [6.45, 7) is 4.60. The summed E-state index contributed by atoms with van der Waals surface area (Å²) >= 11 is 0. The molecule has 156 valence electrons.